The van der Waals surface area contributed by atoms with Crippen LogP contribution in [0.25, 0.3) is 0 Å². The quantitative estimate of drug-likeness (QED) is 0.663. The zero-order chi connectivity index (χ0) is 13.0. The average Bonchev–Trinajstić information content (AvgIpc) is 2.07. The number of alkyl carbamates (subject to hydrolysis) is 1. The molecule has 0 aromatic rings. The van der Waals surface area contributed by atoms with E-state index in [9.17, 15) is 22.5 Å². The first-order chi connectivity index (χ1) is 7.09. The minimum Gasteiger partial charge on any atom is -0.423 e. The van der Waals surface area contributed by atoms with Crippen LogP contribution in [0.2, 0.25) is 0 Å². The summed E-state index contributed by atoms with van der Waals surface area (Å²) in [6.45, 7) is 1.69. The normalized spacial score (nSPS) is 14.4. The van der Waals surface area contributed by atoms with Crippen LogP contribution in [0.15, 0.2) is 0 Å². The predicted octanol–water partition coefficient (Wildman–Crippen LogP) is 1.19. The second-order valence-electron chi connectivity index (χ2n) is 2.82. The van der Waals surface area contributed by atoms with Crippen LogP contribution in [0, 0.1) is 0 Å². The fourth-order valence-corrected chi connectivity index (χ4v) is 1.31. The maximum Gasteiger partial charge on any atom is 0.437 e. The summed E-state index contributed by atoms with van der Waals surface area (Å²) in [4.78, 5) is 27.5. The largest absolute Gasteiger partial charge is 0.437 e. The van der Waals surface area contributed by atoms with Crippen molar-refractivity contribution in [3.05, 3.63) is 0 Å². The summed E-state index contributed by atoms with van der Waals surface area (Å²) in [5.74, 6) is -3.43. The van der Waals surface area contributed by atoms with E-state index >= 15 is 0 Å². The molecule has 0 heterocycles. The van der Waals surface area contributed by atoms with Gasteiger partial charge in [-0.15, -0.1) is 0 Å². The summed E-state index contributed by atoms with van der Waals surface area (Å²) in [6.07, 6.45) is -6.39. The van der Waals surface area contributed by atoms with Gasteiger partial charge in [-0.25, -0.2) is 4.79 Å². The lowest BCUT2D eigenvalue weighted by Gasteiger charge is -2.21. The first kappa shape index (κ1) is 15.2. The Morgan fingerprint density at radius 2 is 2.00 bits per heavy atom. The average molecular weight is 265 g/mol. The van der Waals surface area contributed by atoms with Crippen molar-refractivity contribution in [2.24, 2.45) is 0 Å². The number of alkyl halides is 3. The molecule has 0 fully saturated rings. The van der Waals surface area contributed by atoms with Crippen molar-refractivity contribution in [1.29, 1.82) is 0 Å². The summed E-state index contributed by atoms with van der Waals surface area (Å²) in [5.41, 5.74) is 0. The minimum atomic E-state index is -5.59. The van der Waals surface area contributed by atoms with Crippen LogP contribution in [-0.4, -0.2) is 34.4 Å². The fraction of sp³-hybridized carbons (Fsp3) is 0.833. The van der Waals surface area contributed by atoms with Gasteiger partial charge in [-0.1, -0.05) is 6.92 Å². The van der Waals surface area contributed by atoms with E-state index < -0.39 is 25.7 Å². The number of hydrogen-bond donors (Lipinski definition) is 3. The molecule has 0 saturated carbocycles. The van der Waals surface area contributed by atoms with Gasteiger partial charge in [0.05, 0.1) is 0 Å². The van der Waals surface area contributed by atoms with Gasteiger partial charge in [0.25, 0.3) is 5.85 Å². The van der Waals surface area contributed by atoms with Crippen molar-refractivity contribution in [2.75, 3.05) is 6.54 Å². The summed E-state index contributed by atoms with van der Waals surface area (Å²) < 4.78 is 50.4. The van der Waals surface area contributed by atoms with E-state index in [4.69, 9.17) is 9.79 Å². The van der Waals surface area contributed by atoms with Crippen LogP contribution in [0.3, 0.4) is 0 Å². The van der Waals surface area contributed by atoms with Crippen molar-refractivity contribution in [1.82, 2.24) is 5.32 Å². The van der Waals surface area contributed by atoms with Crippen LogP contribution in [-0.2, 0) is 9.30 Å². The Hall–Kier alpha value is -0.790. The number of ether oxygens (including phenoxy) is 1. The molecule has 0 aliphatic rings. The molecule has 0 spiro atoms. The molecule has 0 unspecified atom stereocenters. The molecule has 1 amide bonds. The van der Waals surface area contributed by atoms with Crippen LogP contribution in [0.1, 0.15) is 13.3 Å². The number of hydrogen-bond acceptors (Lipinski definition) is 3. The van der Waals surface area contributed by atoms with E-state index in [-0.39, 0.29) is 6.54 Å². The Labute approximate surface area is 88.9 Å². The van der Waals surface area contributed by atoms with Gasteiger partial charge in [0, 0.05) is 6.54 Å². The lowest BCUT2D eigenvalue weighted by molar-refractivity contribution is -0.181. The fourth-order valence-electron chi connectivity index (χ4n) is 0.696. The number of amides is 1. The molecule has 16 heavy (non-hydrogen) atoms. The number of halogens is 3. The maximum atomic E-state index is 12.1. The molecule has 0 aliphatic carbocycles. The van der Waals surface area contributed by atoms with E-state index in [1.54, 1.807) is 6.92 Å². The summed E-state index contributed by atoms with van der Waals surface area (Å²) >= 11 is 0. The Kier molecular flexibility index (Phi) is 5.24. The Morgan fingerprint density at radius 1 is 1.50 bits per heavy atom. The smallest absolute Gasteiger partial charge is 0.423 e. The summed E-state index contributed by atoms with van der Waals surface area (Å²) in [6, 6.07) is 0. The highest BCUT2D eigenvalue weighted by molar-refractivity contribution is 7.52. The Morgan fingerprint density at radius 3 is 2.31 bits per heavy atom. The second-order valence-corrected chi connectivity index (χ2v) is 4.46. The molecule has 0 rings (SSSR count). The summed E-state index contributed by atoms with van der Waals surface area (Å²) in [7, 11) is -5.59. The van der Waals surface area contributed by atoms with Crippen molar-refractivity contribution in [3.63, 3.8) is 0 Å². The number of carbonyl (C=O) groups is 1. The van der Waals surface area contributed by atoms with Gasteiger partial charge in [-0.3, -0.25) is 4.57 Å². The zero-order valence-electron chi connectivity index (χ0n) is 8.19. The minimum absolute atomic E-state index is 0.0462. The molecule has 3 N–H and O–H groups in total. The highest BCUT2D eigenvalue weighted by atomic mass is 31.2. The van der Waals surface area contributed by atoms with E-state index in [1.165, 1.54) is 0 Å². The molecule has 0 aromatic carbocycles. The first-order valence-electron chi connectivity index (χ1n) is 4.15. The second kappa shape index (κ2) is 5.51. The van der Waals surface area contributed by atoms with Crippen molar-refractivity contribution >= 4 is 13.7 Å². The van der Waals surface area contributed by atoms with E-state index in [1.807, 2.05) is 5.32 Å². The SMILES string of the molecule is CCCNC(=O)O[C@@H](C(F)(F)F)P(=O)(O)O. The molecule has 0 saturated heterocycles. The Bertz CT molecular complexity index is 288. The molecule has 0 aliphatic heterocycles. The highest BCUT2D eigenvalue weighted by Gasteiger charge is 2.54. The van der Waals surface area contributed by atoms with E-state index in [2.05, 4.69) is 4.74 Å². The van der Waals surface area contributed by atoms with Crippen LogP contribution in [0.5, 0.6) is 0 Å². The van der Waals surface area contributed by atoms with E-state index in [0.29, 0.717) is 6.42 Å². The molecule has 6 nitrogen and oxygen atoms in total. The third kappa shape index (κ3) is 5.34. The van der Waals surface area contributed by atoms with Gasteiger partial charge in [-0.2, -0.15) is 13.2 Å². The number of carbonyl (C=O) groups excluding carboxylic acids is 1. The monoisotopic (exact) mass is 265 g/mol. The lowest BCUT2D eigenvalue weighted by atomic mass is 10.5. The van der Waals surface area contributed by atoms with Gasteiger partial charge in [-0.05, 0) is 6.42 Å². The zero-order valence-corrected chi connectivity index (χ0v) is 9.09. The molecule has 96 valence electrons. The van der Waals surface area contributed by atoms with Gasteiger partial charge < -0.3 is 19.8 Å². The molecular formula is C6H11F3NO5P. The molecular weight excluding hydrogens is 254 g/mol. The predicted molar refractivity (Wildman–Crippen MR) is 46.7 cm³/mol. The third-order valence-electron chi connectivity index (χ3n) is 1.32. The topological polar surface area (TPSA) is 95.9 Å². The van der Waals surface area contributed by atoms with Crippen molar-refractivity contribution in [3.8, 4) is 0 Å². The van der Waals surface area contributed by atoms with Crippen molar-refractivity contribution < 1.29 is 37.1 Å². The standard InChI is InChI=1S/C6H11F3NO5P/c1-2-3-10-5(11)15-4(6(7,8)9)16(12,13)14/h4H,2-3H2,1H3,(H,10,11)(H2,12,13,14)/t4-/m1/s1. The summed E-state index contributed by atoms with van der Waals surface area (Å²) in [5, 5.41) is 1.90. The number of rotatable bonds is 4. The van der Waals surface area contributed by atoms with Crippen LogP contribution < -0.4 is 5.32 Å². The van der Waals surface area contributed by atoms with Crippen LogP contribution >= 0.6 is 7.60 Å². The highest BCUT2D eigenvalue weighted by Crippen LogP contribution is 2.49. The Balaban J connectivity index is 4.59. The van der Waals surface area contributed by atoms with Crippen molar-refractivity contribution in [2.45, 2.75) is 25.4 Å². The molecule has 0 aromatic heterocycles. The number of nitrogens with one attached hydrogen (secondary N) is 1. The van der Waals surface area contributed by atoms with Gasteiger partial charge in [0.2, 0.25) is 0 Å². The maximum absolute atomic E-state index is 12.1. The van der Waals surface area contributed by atoms with E-state index in [0.717, 1.165) is 0 Å². The molecule has 0 bridgehead atoms. The molecule has 0 radical (unpaired) electrons. The molecule has 10 heteroatoms. The first-order valence-corrected chi connectivity index (χ1v) is 5.83. The lowest BCUT2D eigenvalue weighted by Crippen LogP contribution is -2.37. The van der Waals surface area contributed by atoms with Gasteiger partial charge in [0.1, 0.15) is 0 Å². The third-order valence-corrected chi connectivity index (χ3v) is 2.33. The van der Waals surface area contributed by atoms with Crippen LogP contribution in [0.4, 0.5) is 18.0 Å². The molecule has 1 atom stereocenters. The van der Waals surface area contributed by atoms with Gasteiger partial charge in [0.15, 0.2) is 0 Å². The van der Waals surface area contributed by atoms with Gasteiger partial charge >= 0.3 is 19.9 Å².